The molecule has 1 atom stereocenters. The third-order valence-corrected chi connectivity index (χ3v) is 3.22. The molecule has 1 aromatic heterocycles. The van der Waals surface area contributed by atoms with Gasteiger partial charge >= 0.3 is 0 Å². The molecule has 2 aromatic rings. The molecule has 2 heteroatoms. The van der Waals surface area contributed by atoms with E-state index in [2.05, 4.69) is 24.3 Å². The fourth-order valence-electron chi connectivity index (χ4n) is 2.38. The Labute approximate surface area is 89.1 Å². The van der Waals surface area contributed by atoms with E-state index in [4.69, 9.17) is 10.7 Å². The topological polar surface area (TPSA) is 38.9 Å². The van der Waals surface area contributed by atoms with Crippen molar-refractivity contribution in [3.8, 4) is 0 Å². The van der Waals surface area contributed by atoms with E-state index in [0.29, 0.717) is 5.92 Å². The molecule has 1 aliphatic rings. The average Bonchev–Trinajstić information content (AvgIpc) is 2.67. The van der Waals surface area contributed by atoms with Gasteiger partial charge in [0.2, 0.25) is 0 Å². The van der Waals surface area contributed by atoms with E-state index < -0.39 is 0 Å². The summed E-state index contributed by atoms with van der Waals surface area (Å²) in [5.74, 6) is 0.601. The number of fused-ring (bicyclic) bond motifs is 2. The van der Waals surface area contributed by atoms with Crippen LogP contribution in [-0.4, -0.2) is 11.5 Å². The van der Waals surface area contributed by atoms with E-state index in [1.165, 1.54) is 16.6 Å². The minimum Gasteiger partial charge on any atom is -0.330 e. The van der Waals surface area contributed by atoms with E-state index in [0.717, 1.165) is 24.9 Å². The lowest BCUT2D eigenvalue weighted by Gasteiger charge is -2.01. The van der Waals surface area contributed by atoms with Crippen molar-refractivity contribution in [3.63, 3.8) is 0 Å². The largest absolute Gasteiger partial charge is 0.330 e. The number of benzene rings is 1. The van der Waals surface area contributed by atoms with Gasteiger partial charge in [-0.05, 0) is 43.0 Å². The van der Waals surface area contributed by atoms with Crippen molar-refractivity contribution in [3.05, 3.63) is 41.6 Å². The summed E-state index contributed by atoms with van der Waals surface area (Å²) in [6.45, 7) is 0.771. The Balaban J connectivity index is 2.14. The van der Waals surface area contributed by atoms with Crippen molar-refractivity contribution in [1.82, 2.24) is 4.98 Å². The normalized spacial score (nSPS) is 19.4. The highest BCUT2D eigenvalue weighted by Gasteiger charge is 2.21. The highest BCUT2D eigenvalue weighted by Crippen LogP contribution is 2.27. The van der Waals surface area contributed by atoms with E-state index in [-0.39, 0.29) is 0 Å². The van der Waals surface area contributed by atoms with Crippen LogP contribution in [0.2, 0.25) is 0 Å². The zero-order chi connectivity index (χ0) is 10.3. The van der Waals surface area contributed by atoms with Gasteiger partial charge in [0, 0.05) is 11.1 Å². The molecular formula is C13H14N2. The molecule has 2 nitrogen and oxygen atoms in total. The van der Waals surface area contributed by atoms with Crippen molar-refractivity contribution in [2.24, 2.45) is 11.7 Å². The zero-order valence-electron chi connectivity index (χ0n) is 8.61. The molecule has 0 saturated heterocycles. The summed E-state index contributed by atoms with van der Waals surface area (Å²) >= 11 is 0. The van der Waals surface area contributed by atoms with Gasteiger partial charge in [-0.3, -0.25) is 4.98 Å². The molecule has 0 spiro atoms. The van der Waals surface area contributed by atoms with Crippen LogP contribution in [0.15, 0.2) is 30.3 Å². The fraction of sp³-hybridized carbons (Fsp3) is 0.308. The third kappa shape index (κ3) is 1.41. The van der Waals surface area contributed by atoms with E-state index in [9.17, 15) is 0 Å². The number of nitrogens with two attached hydrogens (primary N) is 1. The van der Waals surface area contributed by atoms with E-state index >= 15 is 0 Å². The lowest BCUT2D eigenvalue weighted by Crippen LogP contribution is -2.13. The second kappa shape index (κ2) is 3.31. The summed E-state index contributed by atoms with van der Waals surface area (Å²) in [7, 11) is 0. The molecule has 1 heterocycles. The number of nitrogens with zero attached hydrogens (tertiary/aromatic N) is 1. The summed E-state index contributed by atoms with van der Waals surface area (Å²) < 4.78 is 0. The Hall–Kier alpha value is -1.41. The predicted octanol–water partition coefficient (Wildman–Crippen LogP) is 1.91. The van der Waals surface area contributed by atoms with Crippen LogP contribution in [-0.2, 0) is 12.8 Å². The molecule has 0 saturated carbocycles. The lowest BCUT2D eigenvalue weighted by atomic mass is 10.1. The second-order valence-electron chi connectivity index (χ2n) is 4.30. The summed E-state index contributed by atoms with van der Waals surface area (Å²) in [6, 6.07) is 10.6. The Morgan fingerprint density at radius 1 is 1.27 bits per heavy atom. The molecule has 1 aliphatic carbocycles. The first kappa shape index (κ1) is 8.86. The van der Waals surface area contributed by atoms with Gasteiger partial charge < -0.3 is 5.73 Å². The first-order valence-corrected chi connectivity index (χ1v) is 5.44. The van der Waals surface area contributed by atoms with E-state index in [1.807, 2.05) is 6.07 Å². The Morgan fingerprint density at radius 3 is 3.00 bits per heavy atom. The maximum absolute atomic E-state index is 5.71. The lowest BCUT2D eigenvalue weighted by molar-refractivity contribution is 0.572. The standard InChI is InChI=1S/C13H14N2/c14-8-9-5-11-7-10-3-1-2-4-12(10)15-13(11)6-9/h1-4,7,9H,5-6,8,14H2. The van der Waals surface area contributed by atoms with Crippen LogP contribution in [0.5, 0.6) is 0 Å². The van der Waals surface area contributed by atoms with Crippen molar-refractivity contribution < 1.29 is 0 Å². The Kier molecular flexibility index (Phi) is 1.96. The third-order valence-electron chi connectivity index (χ3n) is 3.22. The van der Waals surface area contributed by atoms with Crippen molar-refractivity contribution >= 4 is 10.9 Å². The van der Waals surface area contributed by atoms with Crippen LogP contribution < -0.4 is 5.73 Å². The molecule has 1 aromatic carbocycles. The SMILES string of the molecule is NCC1Cc2cc3ccccc3nc2C1. The molecule has 1 unspecified atom stereocenters. The van der Waals surface area contributed by atoms with Crippen molar-refractivity contribution in [2.45, 2.75) is 12.8 Å². The summed E-state index contributed by atoms with van der Waals surface area (Å²) in [5, 5.41) is 1.24. The average molecular weight is 198 g/mol. The minimum atomic E-state index is 0.601. The predicted molar refractivity (Wildman–Crippen MR) is 61.7 cm³/mol. The highest BCUT2D eigenvalue weighted by molar-refractivity contribution is 5.79. The smallest absolute Gasteiger partial charge is 0.0705 e. The number of aromatic nitrogens is 1. The van der Waals surface area contributed by atoms with Gasteiger partial charge in [0.1, 0.15) is 0 Å². The Bertz CT molecular complexity index is 460. The quantitative estimate of drug-likeness (QED) is 0.760. The van der Waals surface area contributed by atoms with Crippen LogP contribution in [0.1, 0.15) is 11.3 Å². The van der Waals surface area contributed by atoms with Gasteiger partial charge in [0.15, 0.2) is 0 Å². The Morgan fingerprint density at radius 2 is 2.13 bits per heavy atom. The summed E-state index contributed by atoms with van der Waals surface area (Å²) in [5.41, 5.74) is 9.46. The van der Waals surface area contributed by atoms with Crippen LogP contribution in [0.3, 0.4) is 0 Å². The van der Waals surface area contributed by atoms with Gasteiger partial charge in [-0.15, -0.1) is 0 Å². The molecule has 3 rings (SSSR count). The minimum absolute atomic E-state index is 0.601. The number of hydrogen-bond donors (Lipinski definition) is 1. The van der Waals surface area contributed by atoms with Crippen LogP contribution in [0, 0.1) is 5.92 Å². The first-order chi connectivity index (χ1) is 7.36. The van der Waals surface area contributed by atoms with Crippen molar-refractivity contribution in [1.29, 1.82) is 0 Å². The van der Waals surface area contributed by atoms with Crippen LogP contribution >= 0.6 is 0 Å². The molecule has 0 amide bonds. The number of para-hydroxylation sites is 1. The molecule has 2 N–H and O–H groups in total. The summed E-state index contributed by atoms with van der Waals surface area (Å²) in [4.78, 5) is 4.70. The van der Waals surface area contributed by atoms with Crippen LogP contribution in [0.25, 0.3) is 10.9 Å². The molecule has 0 fully saturated rings. The molecule has 0 bridgehead atoms. The fourth-order valence-corrected chi connectivity index (χ4v) is 2.38. The molecule has 0 radical (unpaired) electrons. The monoisotopic (exact) mass is 198 g/mol. The first-order valence-electron chi connectivity index (χ1n) is 5.44. The maximum atomic E-state index is 5.71. The highest BCUT2D eigenvalue weighted by atomic mass is 14.7. The van der Waals surface area contributed by atoms with Gasteiger partial charge in [-0.2, -0.15) is 0 Å². The molecular weight excluding hydrogens is 184 g/mol. The number of pyridine rings is 1. The maximum Gasteiger partial charge on any atom is 0.0705 e. The molecule has 0 aliphatic heterocycles. The van der Waals surface area contributed by atoms with Crippen molar-refractivity contribution in [2.75, 3.05) is 6.54 Å². The van der Waals surface area contributed by atoms with Gasteiger partial charge in [-0.25, -0.2) is 0 Å². The van der Waals surface area contributed by atoms with E-state index in [1.54, 1.807) is 0 Å². The number of hydrogen-bond acceptors (Lipinski definition) is 2. The second-order valence-corrected chi connectivity index (χ2v) is 4.30. The van der Waals surface area contributed by atoms with Gasteiger partial charge in [0.05, 0.1) is 5.52 Å². The summed E-state index contributed by atoms with van der Waals surface area (Å²) in [6.07, 6.45) is 2.15. The van der Waals surface area contributed by atoms with Gasteiger partial charge in [-0.1, -0.05) is 18.2 Å². The zero-order valence-corrected chi connectivity index (χ0v) is 8.61. The molecule has 76 valence electrons. The van der Waals surface area contributed by atoms with Gasteiger partial charge in [0.25, 0.3) is 0 Å². The molecule has 15 heavy (non-hydrogen) atoms. The number of rotatable bonds is 1. The van der Waals surface area contributed by atoms with Crippen LogP contribution in [0.4, 0.5) is 0 Å².